The van der Waals surface area contributed by atoms with Crippen LogP contribution in [0.2, 0.25) is 0 Å². The molecular formula is C14H14BrN3S. The zero-order valence-electron chi connectivity index (χ0n) is 10.6. The number of hydrogen-bond acceptors (Lipinski definition) is 3. The summed E-state index contributed by atoms with van der Waals surface area (Å²) in [7, 11) is 2.04. The average Bonchev–Trinajstić information content (AvgIpc) is 2.96. The second-order valence-corrected chi connectivity index (χ2v) is 6.91. The number of thiophene rings is 1. The first-order chi connectivity index (χ1) is 9.24. The van der Waals surface area contributed by atoms with Gasteiger partial charge in [-0.1, -0.05) is 12.1 Å². The molecule has 3 nitrogen and oxygen atoms in total. The van der Waals surface area contributed by atoms with Gasteiger partial charge < -0.3 is 9.88 Å². The van der Waals surface area contributed by atoms with Crippen LogP contribution in [0.1, 0.15) is 4.88 Å². The molecule has 0 aliphatic carbocycles. The van der Waals surface area contributed by atoms with Crippen LogP contribution in [0.15, 0.2) is 40.2 Å². The zero-order chi connectivity index (χ0) is 13.2. The van der Waals surface area contributed by atoms with Gasteiger partial charge in [-0.3, -0.25) is 0 Å². The van der Waals surface area contributed by atoms with E-state index in [9.17, 15) is 0 Å². The maximum absolute atomic E-state index is 4.59. The number of benzene rings is 1. The summed E-state index contributed by atoms with van der Waals surface area (Å²) < 4.78 is 3.28. The van der Waals surface area contributed by atoms with Crippen LogP contribution < -0.4 is 5.32 Å². The predicted octanol–water partition coefficient (Wildman–Crippen LogP) is 4.05. The van der Waals surface area contributed by atoms with Gasteiger partial charge in [0.05, 0.1) is 14.8 Å². The molecule has 3 aromatic rings. The molecule has 0 saturated carbocycles. The first kappa shape index (κ1) is 12.7. The average molecular weight is 336 g/mol. The molecule has 1 aromatic carbocycles. The number of hydrogen-bond donors (Lipinski definition) is 1. The fourth-order valence-electron chi connectivity index (χ4n) is 2.09. The van der Waals surface area contributed by atoms with E-state index in [4.69, 9.17) is 0 Å². The molecule has 0 atom stereocenters. The number of rotatable bonds is 4. The van der Waals surface area contributed by atoms with E-state index in [1.807, 2.05) is 25.2 Å². The largest absolute Gasteiger partial charge is 0.355 e. The Morgan fingerprint density at radius 2 is 2.11 bits per heavy atom. The summed E-state index contributed by atoms with van der Waals surface area (Å²) in [6.07, 6.45) is 1.01. The number of nitrogens with one attached hydrogen (secondary N) is 1. The Morgan fingerprint density at radius 1 is 1.26 bits per heavy atom. The van der Waals surface area contributed by atoms with Crippen molar-refractivity contribution in [2.75, 3.05) is 11.9 Å². The maximum Gasteiger partial charge on any atom is 0.203 e. The number of halogens is 1. The van der Waals surface area contributed by atoms with Crippen LogP contribution in [0, 0.1) is 0 Å². The summed E-state index contributed by atoms with van der Waals surface area (Å²) in [5.41, 5.74) is 2.19. The first-order valence-corrected chi connectivity index (χ1v) is 7.74. The molecule has 0 fully saturated rings. The van der Waals surface area contributed by atoms with E-state index < -0.39 is 0 Å². The number of anilines is 1. The monoisotopic (exact) mass is 335 g/mol. The van der Waals surface area contributed by atoms with E-state index in [0.717, 1.165) is 29.9 Å². The third-order valence-corrected chi connectivity index (χ3v) is 4.75. The molecule has 0 amide bonds. The number of nitrogens with zero attached hydrogens (tertiary/aromatic N) is 2. The fraction of sp³-hybridized carbons (Fsp3) is 0.214. The minimum absolute atomic E-state index is 0.893. The molecule has 0 bridgehead atoms. The fourth-order valence-corrected chi connectivity index (χ4v) is 3.57. The van der Waals surface area contributed by atoms with Crippen molar-refractivity contribution in [3.63, 3.8) is 0 Å². The van der Waals surface area contributed by atoms with Crippen molar-refractivity contribution in [2.24, 2.45) is 7.05 Å². The predicted molar refractivity (Wildman–Crippen MR) is 84.9 cm³/mol. The van der Waals surface area contributed by atoms with E-state index in [2.05, 4.69) is 49.0 Å². The van der Waals surface area contributed by atoms with Gasteiger partial charge in [0.15, 0.2) is 0 Å². The molecule has 0 aliphatic heterocycles. The van der Waals surface area contributed by atoms with Gasteiger partial charge in [0, 0.05) is 18.5 Å². The topological polar surface area (TPSA) is 29.9 Å². The van der Waals surface area contributed by atoms with E-state index in [1.54, 1.807) is 11.3 Å². The van der Waals surface area contributed by atoms with Crippen molar-refractivity contribution in [2.45, 2.75) is 6.42 Å². The molecule has 2 heterocycles. The minimum atomic E-state index is 0.893. The molecule has 0 unspecified atom stereocenters. The lowest BCUT2D eigenvalue weighted by Crippen LogP contribution is -2.08. The summed E-state index contributed by atoms with van der Waals surface area (Å²) in [5, 5.41) is 3.40. The van der Waals surface area contributed by atoms with Crippen molar-refractivity contribution in [1.82, 2.24) is 9.55 Å². The maximum atomic E-state index is 4.59. The van der Waals surface area contributed by atoms with Gasteiger partial charge in [0.1, 0.15) is 0 Å². The van der Waals surface area contributed by atoms with Crippen molar-refractivity contribution in [3.8, 4) is 0 Å². The highest BCUT2D eigenvalue weighted by molar-refractivity contribution is 9.11. The van der Waals surface area contributed by atoms with Crippen LogP contribution >= 0.6 is 27.3 Å². The molecule has 3 rings (SSSR count). The van der Waals surface area contributed by atoms with E-state index in [-0.39, 0.29) is 0 Å². The molecule has 5 heteroatoms. The summed E-state index contributed by atoms with van der Waals surface area (Å²) in [6.45, 7) is 0.893. The number of aryl methyl sites for hydroxylation is 1. The van der Waals surface area contributed by atoms with E-state index >= 15 is 0 Å². The molecule has 0 radical (unpaired) electrons. The first-order valence-electron chi connectivity index (χ1n) is 6.13. The van der Waals surface area contributed by atoms with Gasteiger partial charge in [0.2, 0.25) is 5.95 Å². The molecule has 0 spiro atoms. The highest BCUT2D eigenvalue weighted by Crippen LogP contribution is 2.22. The second-order valence-electron chi connectivity index (χ2n) is 4.37. The van der Waals surface area contributed by atoms with Gasteiger partial charge in [-0.2, -0.15) is 0 Å². The minimum Gasteiger partial charge on any atom is -0.355 e. The SMILES string of the molecule is Cn1c(NCCc2ccc(Br)s2)nc2ccccc21. The van der Waals surface area contributed by atoms with Crippen molar-refractivity contribution in [3.05, 3.63) is 45.1 Å². The van der Waals surface area contributed by atoms with Gasteiger partial charge in [0.25, 0.3) is 0 Å². The van der Waals surface area contributed by atoms with Gasteiger partial charge in [-0.25, -0.2) is 4.98 Å². The van der Waals surface area contributed by atoms with E-state index in [1.165, 1.54) is 8.66 Å². The summed E-state index contributed by atoms with van der Waals surface area (Å²) >= 11 is 5.27. The van der Waals surface area contributed by atoms with Crippen LogP contribution in [0.3, 0.4) is 0 Å². The third kappa shape index (κ3) is 2.67. The Kier molecular flexibility index (Phi) is 3.57. The highest BCUT2D eigenvalue weighted by atomic mass is 79.9. The normalized spacial score (nSPS) is 11.1. The smallest absolute Gasteiger partial charge is 0.203 e. The lowest BCUT2D eigenvalue weighted by Gasteiger charge is -2.05. The lowest BCUT2D eigenvalue weighted by atomic mass is 10.3. The summed E-state index contributed by atoms with van der Waals surface area (Å²) in [5.74, 6) is 0.928. The van der Waals surface area contributed by atoms with Crippen molar-refractivity contribution >= 4 is 44.2 Å². The Bertz CT molecular complexity index is 702. The Labute approximate surface area is 124 Å². The summed E-state index contributed by atoms with van der Waals surface area (Å²) in [6, 6.07) is 12.4. The standard InChI is InChI=1S/C14H14BrN3S/c1-18-12-5-3-2-4-11(12)17-14(18)16-9-8-10-6-7-13(15)19-10/h2-7H,8-9H2,1H3,(H,16,17). The van der Waals surface area contributed by atoms with Crippen molar-refractivity contribution < 1.29 is 0 Å². The second kappa shape index (κ2) is 5.35. The molecule has 98 valence electrons. The molecule has 2 aromatic heterocycles. The van der Waals surface area contributed by atoms with Gasteiger partial charge in [-0.05, 0) is 46.6 Å². The Balaban J connectivity index is 1.70. The molecule has 0 saturated heterocycles. The Morgan fingerprint density at radius 3 is 2.84 bits per heavy atom. The Hall–Kier alpha value is -1.33. The number of aromatic nitrogens is 2. The van der Waals surface area contributed by atoms with Gasteiger partial charge >= 0.3 is 0 Å². The highest BCUT2D eigenvalue weighted by Gasteiger charge is 2.06. The van der Waals surface area contributed by atoms with Crippen LogP contribution in [0.4, 0.5) is 5.95 Å². The van der Waals surface area contributed by atoms with Gasteiger partial charge in [-0.15, -0.1) is 11.3 Å². The molecule has 0 aliphatic rings. The number of imidazole rings is 1. The number of para-hydroxylation sites is 2. The molecular weight excluding hydrogens is 322 g/mol. The van der Waals surface area contributed by atoms with Crippen molar-refractivity contribution in [1.29, 1.82) is 0 Å². The lowest BCUT2D eigenvalue weighted by molar-refractivity contribution is 0.916. The summed E-state index contributed by atoms with van der Waals surface area (Å²) in [4.78, 5) is 5.97. The van der Waals surface area contributed by atoms with E-state index in [0.29, 0.717) is 0 Å². The van der Waals surface area contributed by atoms with Crippen LogP contribution in [0.25, 0.3) is 11.0 Å². The van der Waals surface area contributed by atoms with Crippen LogP contribution in [-0.2, 0) is 13.5 Å². The van der Waals surface area contributed by atoms with Crippen LogP contribution in [0.5, 0.6) is 0 Å². The zero-order valence-corrected chi connectivity index (χ0v) is 13.0. The van der Waals surface area contributed by atoms with Crippen LogP contribution in [-0.4, -0.2) is 16.1 Å². The molecule has 19 heavy (non-hydrogen) atoms. The third-order valence-electron chi connectivity index (χ3n) is 3.07. The number of fused-ring (bicyclic) bond motifs is 1. The quantitative estimate of drug-likeness (QED) is 0.779. The molecule has 1 N–H and O–H groups in total.